The monoisotopic (exact) mass is 201 g/mol. The zero-order valence-electron chi connectivity index (χ0n) is 7.29. The van der Waals surface area contributed by atoms with Crippen LogP contribution in [0.5, 0.6) is 0 Å². The molecule has 0 spiro atoms. The number of rotatable bonds is 2. The first kappa shape index (κ1) is 9.41. The van der Waals surface area contributed by atoms with E-state index in [4.69, 9.17) is 18.0 Å². The van der Waals surface area contributed by atoms with Crippen molar-refractivity contribution in [3.63, 3.8) is 0 Å². The van der Waals surface area contributed by atoms with Crippen LogP contribution in [-0.4, -0.2) is 24.1 Å². The van der Waals surface area contributed by atoms with E-state index in [0.29, 0.717) is 4.99 Å². The molecule has 12 heavy (non-hydrogen) atoms. The molecule has 1 aromatic heterocycles. The van der Waals surface area contributed by atoms with Crippen molar-refractivity contribution in [2.24, 2.45) is 5.73 Å². The van der Waals surface area contributed by atoms with Crippen LogP contribution in [0.4, 0.5) is 5.13 Å². The highest BCUT2D eigenvalue weighted by atomic mass is 32.1. The van der Waals surface area contributed by atoms with Gasteiger partial charge in [0.05, 0.1) is 10.6 Å². The maximum absolute atomic E-state index is 5.51. The Labute approximate surface area is 81.2 Å². The molecule has 0 fully saturated rings. The topological polar surface area (TPSA) is 42.2 Å². The molecule has 0 saturated carbocycles. The fraction of sp³-hybridized carbons (Fsp3) is 0.429. The van der Waals surface area contributed by atoms with Crippen LogP contribution < -0.4 is 10.6 Å². The van der Waals surface area contributed by atoms with E-state index >= 15 is 0 Å². The summed E-state index contributed by atoms with van der Waals surface area (Å²) in [5, 5.41) is 0.940. The van der Waals surface area contributed by atoms with Gasteiger partial charge in [-0.25, -0.2) is 4.98 Å². The number of hydrogen-bond donors (Lipinski definition) is 1. The summed E-state index contributed by atoms with van der Waals surface area (Å²) in [6, 6.07) is 0. The largest absolute Gasteiger partial charge is 0.389 e. The summed E-state index contributed by atoms with van der Waals surface area (Å²) in [5.41, 5.74) is 6.42. The Morgan fingerprint density at radius 2 is 2.17 bits per heavy atom. The van der Waals surface area contributed by atoms with Gasteiger partial charge in [0.1, 0.15) is 4.99 Å². The van der Waals surface area contributed by atoms with Crippen LogP contribution in [0, 0.1) is 6.92 Å². The van der Waals surface area contributed by atoms with Gasteiger partial charge in [-0.1, -0.05) is 23.6 Å². The number of aryl methyl sites for hydroxylation is 1. The molecule has 0 bridgehead atoms. The van der Waals surface area contributed by atoms with Crippen LogP contribution in [0.15, 0.2) is 0 Å². The summed E-state index contributed by atoms with van der Waals surface area (Å²) in [7, 11) is 3.89. The molecule has 66 valence electrons. The van der Waals surface area contributed by atoms with Gasteiger partial charge in [0.2, 0.25) is 0 Å². The standard InChI is InChI=1S/C7H11N3S2/c1-4-5(6(8)11)12-7(9-4)10(2)3/h1-3H3,(H2,8,11). The van der Waals surface area contributed by atoms with E-state index in [1.54, 1.807) is 0 Å². The first-order valence-electron chi connectivity index (χ1n) is 3.47. The van der Waals surface area contributed by atoms with Crippen molar-refractivity contribution < 1.29 is 0 Å². The van der Waals surface area contributed by atoms with E-state index in [9.17, 15) is 0 Å². The van der Waals surface area contributed by atoms with Crippen molar-refractivity contribution in [1.29, 1.82) is 0 Å². The van der Waals surface area contributed by atoms with Gasteiger partial charge in [-0.3, -0.25) is 0 Å². The minimum atomic E-state index is 0.429. The number of nitrogens with zero attached hydrogens (tertiary/aromatic N) is 2. The van der Waals surface area contributed by atoms with Gasteiger partial charge in [-0.05, 0) is 6.92 Å². The summed E-state index contributed by atoms with van der Waals surface area (Å²) in [5.74, 6) is 0. The third-order valence-corrected chi connectivity index (χ3v) is 3.08. The van der Waals surface area contributed by atoms with Gasteiger partial charge >= 0.3 is 0 Å². The molecule has 0 aliphatic rings. The van der Waals surface area contributed by atoms with E-state index in [1.807, 2.05) is 25.9 Å². The average molecular weight is 201 g/mol. The predicted molar refractivity (Wildman–Crippen MR) is 57.1 cm³/mol. The van der Waals surface area contributed by atoms with E-state index in [2.05, 4.69) is 4.98 Å². The average Bonchev–Trinajstić information content (AvgIpc) is 2.30. The molecule has 1 heterocycles. The number of nitrogens with two attached hydrogens (primary N) is 1. The Hall–Kier alpha value is -0.680. The number of hydrogen-bond acceptors (Lipinski definition) is 4. The number of aromatic nitrogens is 1. The molecule has 0 amide bonds. The lowest BCUT2D eigenvalue weighted by Gasteiger charge is -2.04. The highest BCUT2D eigenvalue weighted by Crippen LogP contribution is 2.23. The fourth-order valence-corrected chi connectivity index (χ4v) is 1.92. The molecule has 1 rings (SSSR count). The maximum atomic E-state index is 5.51. The molecule has 1 aromatic rings. The molecule has 0 aliphatic heterocycles. The SMILES string of the molecule is Cc1nc(N(C)C)sc1C(N)=S. The van der Waals surface area contributed by atoms with E-state index in [-0.39, 0.29) is 0 Å². The lowest BCUT2D eigenvalue weighted by molar-refractivity contribution is 1.09. The third-order valence-electron chi connectivity index (χ3n) is 1.39. The van der Waals surface area contributed by atoms with E-state index in [0.717, 1.165) is 15.7 Å². The Morgan fingerprint density at radius 3 is 2.42 bits per heavy atom. The first-order valence-corrected chi connectivity index (χ1v) is 4.69. The molecular formula is C7H11N3S2. The number of anilines is 1. The van der Waals surface area contributed by atoms with E-state index < -0.39 is 0 Å². The number of thiocarbonyl (C=S) groups is 1. The summed E-state index contributed by atoms with van der Waals surface area (Å²) < 4.78 is 0. The molecule has 3 nitrogen and oxygen atoms in total. The fourth-order valence-electron chi connectivity index (χ4n) is 0.802. The highest BCUT2D eigenvalue weighted by molar-refractivity contribution is 7.81. The molecule has 0 radical (unpaired) electrons. The molecule has 0 aliphatic carbocycles. The van der Waals surface area contributed by atoms with Crippen LogP contribution in [0.25, 0.3) is 0 Å². The van der Waals surface area contributed by atoms with Crippen LogP contribution in [0.3, 0.4) is 0 Å². The van der Waals surface area contributed by atoms with Crippen LogP contribution in [-0.2, 0) is 0 Å². The Morgan fingerprint density at radius 1 is 1.58 bits per heavy atom. The second-order valence-electron chi connectivity index (χ2n) is 2.67. The van der Waals surface area contributed by atoms with Gasteiger partial charge in [0.25, 0.3) is 0 Å². The molecule has 2 N–H and O–H groups in total. The summed E-state index contributed by atoms with van der Waals surface area (Å²) in [6.07, 6.45) is 0. The Kier molecular flexibility index (Phi) is 2.64. The molecule has 0 aromatic carbocycles. The van der Waals surface area contributed by atoms with Gasteiger partial charge < -0.3 is 10.6 Å². The van der Waals surface area contributed by atoms with Gasteiger partial charge in [-0.2, -0.15) is 0 Å². The van der Waals surface area contributed by atoms with Crippen molar-refractivity contribution in [1.82, 2.24) is 4.98 Å². The van der Waals surface area contributed by atoms with Crippen molar-refractivity contribution in [2.45, 2.75) is 6.92 Å². The Bertz CT molecular complexity index is 304. The minimum Gasteiger partial charge on any atom is -0.389 e. The van der Waals surface area contributed by atoms with Crippen LogP contribution >= 0.6 is 23.6 Å². The summed E-state index contributed by atoms with van der Waals surface area (Å²) >= 11 is 6.40. The predicted octanol–water partition coefficient (Wildman–Crippen LogP) is 1.15. The molecular weight excluding hydrogens is 190 g/mol. The molecule has 0 saturated heterocycles. The lowest BCUT2D eigenvalue weighted by Crippen LogP contribution is -2.08. The van der Waals surface area contributed by atoms with Crippen molar-refractivity contribution in [2.75, 3.05) is 19.0 Å². The Balaban J connectivity index is 3.09. The van der Waals surface area contributed by atoms with Crippen molar-refractivity contribution >= 4 is 33.7 Å². The normalized spacial score (nSPS) is 9.92. The minimum absolute atomic E-state index is 0.429. The van der Waals surface area contributed by atoms with Crippen molar-refractivity contribution in [3.8, 4) is 0 Å². The first-order chi connectivity index (χ1) is 5.52. The molecule has 0 atom stereocenters. The second kappa shape index (κ2) is 3.37. The van der Waals surface area contributed by atoms with E-state index in [1.165, 1.54) is 11.3 Å². The highest BCUT2D eigenvalue weighted by Gasteiger charge is 2.10. The summed E-state index contributed by atoms with van der Waals surface area (Å²) in [4.78, 5) is 7.59. The molecule has 5 heteroatoms. The number of thiazole rings is 1. The lowest BCUT2D eigenvalue weighted by atomic mass is 10.4. The van der Waals surface area contributed by atoms with Gasteiger partial charge in [-0.15, -0.1) is 0 Å². The van der Waals surface area contributed by atoms with Crippen molar-refractivity contribution in [3.05, 3.63) is 10.6 Å². The van der Waals surface area contributed by atoms with Crippen LogP contribution in [0.1, 0.15) is 10.6 Å². The van der Waals surface area contributed by atoms with Gasteiger partial charge in [0.15, 0.2) is 5.13 Å². The summed E-state index contributed by atoms with van der Waals surface area (Å²) in [6.45, 7) is 1.91. The van der Waals surface area contributed by atoms with Gasteiger partial charge in [0, 0.05) is 14.1 Å². The quantitative estimate of drug-likeness (QED) is 0.729. The zero-order chi connectivity index (χ0) is 9.30. The smallest absolute Gasteiger partial charge is 0.185 e. The second-order valence-corrected chi connectivity index (χ2v) is 4.09. The maximum Gasteiger partial charge on any atom is 0.185 e. The third kappa shape index (κ3) is 1.73. The molecule has 0 unspecified atom stereocenters. The zero-order valence-corrected chi connectivity index (χ0v) is 8.92. The van der Waals surface area contributed by atoms with Crippen LogP contribution in [0.2, 0.25) is 0 Å².